The van der Waals surface area contributed by atoms with E-state index in [0.29, 0.717) is 36.5 Å². The number of aliphatic carboxylic acids is 1. The van der Waals surface area contributed by atoms with Crippen molar-refractivity contribution >= 4 is 16.0 Å². The van der Waals surface area contributed by atoms with Gasteiger partial charge in [0.2, 0.25) is 10.0 Å². The molecule has 3 rings (SSSR count). The zero-order chi connectivity index (χ0) is 18.9. The van der Waals surface area contributed by atoms with Gasteiger partial charge in [0.1, 0.15) is 0 Å². The van der Waals surface area contributed by atoms with Gasteiger partial charge in [0.15, 0.2) is 0 Å². The van der Waals surface area contributed by atoms with E-state index in [4.69, 9.17) is 5.11 Å². The first-order chi connectivity index (χ1) is 12.3. The molecule has 140 valence electrons. The van der Waals surface area contributed by atoms with E-state index < -0.39 is 16.0 Å². The quantitative estimate of drug-likeness (QED) is 0.861. The lowest BCUT2D eigenvalue weighted by molar-refractivity contribution is -0.136. The average molecular weight is 377 g/mol. The van der Waals surface area contributed by atoms with Crippen molar-refractivity contribution in [1.82, 2.24) is 14.1 Å². The van der Waals surface area contributed by atoms with E-state index in [-0.39, 0.29) is 13.0 Å². The van der Waals surface area contributed by atoms with Gasteiger partial charge >= 0.3 is 5.97 Å². The summed E-state index contributed by atoms with van der Waals surface area (Å²) in [6.45, 7) is 5.16. The first-order valence-electron chi connectivity index (χ1n) is 8.62. The molecule has 8 heteroatoms. The maximum atomic E-state index is 13.1. The molecule has 0 aliphatic carbocycles. The number of hydrogen-bond donors (Lipinski definition) is 1. The Morgan fingerprint density at radius 2 is 1.96 bits per heavy atom. The highest BCUT2D eigenvalue weighted by Crippen LogP contribution is 2.23. The van der Waals surface area contributed by atoms with Crippen LogP contribution in [0.4, 0.5) is 0 Å². The minimum Gasteiger partial charge on any atom is -0.481 e. The molecule has 0 saturated carbocycles. The molecule has 2 aromatic rings. The summed E-state index contributed by atoms with van der Waals surface area (Å²) in [7, 11) is -3.59. The van der Waals surface area contributed by atoms with Gasteiger partial charge in [-0.25, -0.2) is 8.42 Å². The smallest absolute Gasteiger partial charge is 0.303 e. The number of aryl methyl sites for hydroxylation is 4. The van der Waals surface area contributed by atoms with E-state index in [1.165, 1.54) is 4.31 Å². The Balaban J connectivity index is 1.85. The number of nitrogens with zero attached hydrogens (tertiary/aromatic N) is 3. The minimum atomic E-state index is -3.59. The SMILES string of the molecule is Cc1ccc(S(=O)(=O)N2CCCn3nc(CCC(=O)O)cc3C2)cc1C. The summed E-state index contributed by atoms with van der Waals surface area (Å²) in [4.78, 5) is 11.0. The summed E-state index contributed by atoms with van der Waals surface area (Å²) in [5, 5.41) is 13.2. The molecule has 0 bridgehead atoms. The Morgan fingerprint density at radius 3 is 2.65 bits per heavy atom. The maximum Gasteiger partial charge on any atom is 0.303 e. The second kappa shape index (κ2) is 7.20. The Hall–Kier alpha value is -2.19. The molecule has 0 amide bonds. The van der Waals surface area contributed by atoms with Crippen molar-refractivity contribution in [1.29, 1.82) is 0 Å². The van der Waals surface area contributed by atoms with Crippen molar-refractivity contribution in [2.24, 2.45) is 0 Å². The number of carboxylic acids is 1. The van der Waals surface area contributed by atoms with Crippen molar-refractivity contribution in [2.45, 2.75) is 51.1 Å². The second-order valence-electron chi connectivity index (χ2n) is 6.68. The number of aromatic nitrogens is 2. The van der Waals surface area contributed by atoms with E-state index in [2.05, 4.69) is 5.10 Å². The normalized spacial score (nSPS) is 15.5. The third-order valence-electron chi connectivity index (χ3n) is 4.74. The molecule has 0 atom stereocenters. The molecule has 1 N–H and O–H groups in total. The molecule has 7 nitrogen and oxygen atoms in total. The van der Waals surface area contributed by atoms with Gasteiger partial charge in [-0.3, -0.25) is 9.48 Å². The van der Waals surface area contributed by atoms with Gasteiger partial charge in [-0.05, 0) is 49.6 Å². The predicted octanol–water partition coefficient (Wildman–Crippen LogP) is 2.11. The number of benzene rings is 1. The molecule has 0 fully saturated rings. The van der Waals surface area contributed by atoms with Gasteiger partial charge in [0.25, 0.3) is 0 Å². The Labute approximate surface area is 153 Å². The van der Waals surface area contributed by atoms with Crippen LogP contribution >= 0.6 is 0 Å². The molecule has 0 unspecified atom stereocenters. The minimum absolute atomic E-state index is 0.0150. The van der Waals surface area contributed by atoms with E-state index >= 15 is 0 Å². The highest BCUT2D eigenvalue weighted by molar-refractivity contribution is 7.89. The van der Waals surface area contributed by atoms with Gasteiger partial charge in [-0.15, -0.1) is 0 Å². The van der Waals surface area contributed by atoms with Gasteiger partial charge in [0, 0.05) is 19.5 Å². The molecule has 0 spiro atoms. The van der Waals surface area contributed by atoms with E-state index in [1.54, 1.807) is 16.8 Å². The highest BCUT2D eigenvalue weighted by atomic mass is 32.2. The Bertz CT molecular complexity index is 934. The van der Waals surface area contributed by atoms with Crippen molar-refractivity contribution < 1.29 is 18.3 Å². The maximum absolute atomic E-state index is 13.1. The van der Waals surface area contributed by atoms with Crippen LogP contribution in [0.5, 0.6) is 0 Å². The van der Waals surface area contributed by atoms with Gasteiger partial charge in [-0.2, -0.15) is 9.40 Å². The lowest BCUT2D eigenvalue weighted by atomic mass is 10.1. The van der Waals surface area contributed by atoms with Crippen LogP contribution in [-0.2, 0) is 34.3 Å². The summed E-state index contributed by atoms with van der Waals surface area (Å²) in [5.74, 6) is -0.868. The van der Waals surface area contributed by atoms with Crippen LogP contribution in [0.1, 0.15) is 35.4 Å². The van der Waals surface area contributed by atoms with Crippen LogP contribution in [0.25, 0.3) is 0 Å². The lowest BCUT2D eigenvalue weighted by Crippen LogP contribution is -2.31. The van der Waals surface area contributed by atoms with E-state index in [0.717, 1.165) is 16.8 Å². The number of rotatable bonds is 5. The van der Waals surface area contributed by atoms with Gasteiger partial charge in [-0.1, -0.05) is 6.07 Å². The number of carbonyl (C=O) groups is 1. The summed E-state index contributed by atoms with van der Waals surface area (Å²) in [6.07, 6.45) is 1.03. The fourth-order valence-electron chi connectivity index (χ4n) is 3.08. The van der Waals surface area contributed by atoms with Crippen LogP contribution < -0.4 is 0 Å². The molecule has 0 radical (unpaired) electrons. The van der Waals surface area contributed by atoms with E-state index in [9.17, 15) is 13.2 Å². The molecule has 1 aliphatic rings. The average Bonchev–Trinajstić information content (AvgIpc) is 2.85. The molecule has 0 saturated heterocycles. The first kappa shape index (κ1) is 18.6. The third kappa shape index (κ3) is 3.81. The number of sulfonamides is 1. The van der Waals surface area contributed by atoms with Gasteiger partial charge < -0.3 is 5.11 Å². The molecule has 1 aromatic heterocycles. The number of hydrogen-bond acceptors (Lipinski definition) is 4. The molecular weight excluding hydrogens is 354 g/mol. The van der Waals surface area contributed by atoms with Crippen LogP contribution in [0.2, 0.25) is 0 Å². The lowest BCUT2D eigenvalue weighted by Gasteiger charge is -2.20. The highest BCUT2D eigenvalue weighted by Gasteiger charge is 2.28. The summed E-state index contributed by atoms with van der Waals surface area (Å²) >= 11 is 0. The summed E-state index contributed by atoms with van der Waals surface area (Å²) in [5.41, 5.74) is 3.49. The van der Waals surface area contributed by atoms with Gasteiger partial charge in [0.05, 0.1) is 29.2 Å². The predicted molar refractivity (Wildman–Crippen MR) is 96.3 cm³/mol. The second-order valence-corrected chi connectivity index (χ2v) is 8.62. The molecule has 26 heavy (non-hydrogen) atoms. The van der Waals surface area contributed by atoms with Crippen molar-refractivity contribution in [3.63, 3.8) is 0 Å². The fourth-order valence-corrected chi connectivity index (χ4v) is 4.61. The standard InChI is InChI=1S/C18H23N3O4S/c1-13-4-6-17(10-14(13)2)26(24,25)20-8-3-9-21-16(12-20)11-15(19-21)5-7-18(22)23/h4,6,10-11H,3,5,7-9,12H2,1-2H3,(H,22,23). The topological polar surface area (TPSA) is 92.5 Å². The zero-order valence-electron chi connectivity index (χ0n) is 15.0. The third-order valence-corrected chi connectivity index (χ3v) is 6.58. The fraction of sp³-hybridized carbons (Fsp3) is 0.444. The van der Waals surface area contributed by atoms with Crippen LogP contribution in [0.3, 0.4) is 0 Å². The summed E-state index contributed by atoms with van der Waals surface area (Å²) < 4.78 is 29.4. The summed E-state index contributed by atoms with van der Waals surface area (Å²) in [6, 6.07) is 7.01. The van der Waals surface area contributed by atoms with Crippen molar-refractivity contribution in [3.8, 4) is 0 Å². The van der Waals surface area contributed by atoms with Crippen molar-refractivity contribution in [3.05, 3.63) is 46.8 Å². The van der Waals surface area contributed by atoms with Crippen molar-refractivity contribution in [2.75, 3.05) is 6.54 Å². The first-order valence-corrected chi connectivity index (χ1v) is 10.1. The molecular formula is C18H23N3O4S. The van der Waals surface area contributed by atoms with Crippen LogP contribution in [-0.4, -0.2) is 40.1 Å². The molecule has 1 aliphatic heterocycles. The van der Waals surface area contributed by atoms with Crippen LogP contribution in [0, 0.1) is 13.8 Å². The number of fused-ring (bicyclic) bond motifs is 1. The zero-order valence-corrected chi connectivity index (χ0v) is 15.8. The molecule has 1 aromatic carbocycles. The van der Waals surface area contributed by atoms with E-state index in [1.807, 2.05) is 26.0 Å². The Morgan fingerprint density at radius 1 is 1.19 bits per heavy atom. The largest absolute Gasteiger partial charge is 0.481 e. The van der Waals surface area contributed by atoms with Crippen LogP contribution in [0.15, 0.2) is 29.2 Å². The Kier molecular flexibility index (Phi) is 5.15. The molecule has 2 heterocycles. The monoisotopic (exact) mass is 377 g/mol. The number of carboxylic acid groups (broad SMARTS) is 1.